The van der Waals surface area contributed by atoms with Crippen molar-refractivity contribution in [3.05, 3.63) is 97.6 Å². The first-order chi connectivity index (χ1) is 15.9. The minimum atomic E-state index is -0.501. The van der Waals surface area contributed by atoms with E-state index >= 15 is 0 Å². The van der Waals surface area contributed by atoms with Crippen LogP contribution in [0.15, 0.2) is 80.3 Å². The van der Waals surface area contributed by atoms with Crippen LogP contribution in [0.25, 0.3) is 6.08 Å². The molecule has 1 heterocycles. The van der Waals surface area contributed by atoms with Crippen LogP contribution in [0.3, 0.4) is 0 Å². The van der Waals surface area contributed by atoms with Crippen LogP contribution in [-0.4, -0.2) is 18.5 Å². The lowest BCUT2D eigenvalue weighted by Gasteiger charge is -2.15. The number of esters is 1. The van der Waals surface area contributed by atoms with Gasteiger partial charge in [-0.1, -0.05) is 51.8 Å². The van der Waals surface area contributed by atoms with Crippen LogP contribution in [0.1, 0.15) is 29.2 Å². The fourth-order valence-corrected chi connectivity index (χ4v) is 4.20. The molecular weight excluding hydrogens is 550 g/mol. The molecule has 0 amide bonds. The quantitative estimate of drug-likeness (QED) is 0.230. The van der Waals surface area contributed by atoms with Gasteiger partial charge in [-0.2, -0.15) is 0 Å². The van der Waals surface area contributed by atoms with Gasteiger partial charge in [-0.05, 0) is 77.3 Å². The second-order valence-corrected chi connectivity index (χ2v) is 9.15. The molecule has 0 fully saturated rings. The summed E-state index contributed by atoms with van der Waals surface area (Å²) in [6.45, 7) is 4.84. The Bertz CT molecular complexity index is 1250. The zero-order valence-corrected chi connectivity index (χ0v) is 21.3. The molecule has 0 unspecified atom stereocenters. The van der Waals surface area contributed by atoms with Crippen LogP contribution in [0.2, 0.25) is 0 Å². The molecule has 0 aliphatic carbocycles. The second-order valence-electron chi connectivity index (χ2n) is 7.38. The van der Waals surface area contributed by atoms with Gasteiger partial charge >= 0.3 is 5.97 Å². The number of carbonyl (C=O) groups is 1. The number of nitrogens with zero attached hydrogens (tertiary/aromatic N) is 1. The summed E-state index contributed by atoms with van der Waals surface area (Å²) in [6, 6.07) is 19.3. The van der Waals surface area contributed by atoms with Gasteiger partial charge < -0.3 is 14.2 Å². The standard InChI is InChI=1S/C26H21Br2NO4/c1-3-31-23-13-18(11-21(28)24(23)32-15-17-9-7-16(2)8-10-17)12-22-26(30)33-25(29-22)19-5-4-6-20(27)14-19/h4-14H,3,15H2,1-2H3/b22-12-. The Morgan fingerprint density at radius 2 is 1.82 bits per heavy atom. The zero-order chi connectivity index (χ0) is 23.4. The summed E-state index contributed by atoms with van der Waals surface area (Å²) in [5, 5.41) is 0. The van der Waals surface area contributed by atoms with E-state index in [1.807, 2.05) is 62.4 Å². The van der Waals surface area contributed by atoms with Gasteiger partial charge in [0.05, 0.1) is 11.1 Å². The maximum absolute atomic E-state index is 12.4. The van der Waals surface area contributed by atoms with Crippen LogP contribution in [0, 0.1) is 6.92 Å². The Labute approximate surface area is 209 Å². The third-order valence-electron chi connectivity index (χ3n) is 4.83. The summed E-state index contributed by atoms with van der Waals surface area (Å²) in [6.07, 6.45) is 1.67. The van der Waals surface area contributed by atoms with Crippen molar-refractivity contribution in [2.24, 2.45) is 4.99 Å². The number of carbonyl (C=O) groups excluding carboxylic acids is 1. The molecule has 0 bridgehead atoms. The van der Waals surface area contributed by atoms with E-state index in [1.165, 1.54) is 5.56 Å². The van der Waals surface area contributed by atoms with Crippen molar-refractivity contribution in [3.63, 3.8) is 0 Å². The highest BCUT2D eigenvalue weighted by atomic mass is 79.9. The number of hydrogen-bond acceptors (Lipinski definition) is 5. The van der Waals surface area contributed by atoms with Crippen LogP contribution in [0.4, 0.5) is 0 Å². The Morgan fingerprint density at radius 1 is 1.03 bits per heavy atom. The van der Waals surface area contributed by atoms with E-state index in [-0.39, 0.29) is 11.6 Å². The summed E-state index contributed by atoms with van der Waals surface area (Å²) < 4.78 is 18.8. The molecule has 1 aliphatic rings. The van der Waals surface area contributed by atoms with Crippen molar-refractivity contribution in [2.75, 3.05) is 6.61 Å². The predicted molar refractivity (Wildman–Crippen MR) is 136 cm³/mol. The lowest BCUT2D eigenvalue weighted by Crippen LogP contribution is -2.05. The molecular formula is C26H21Br2NO4. The Morgan fingerprint density at radius 3 is 2.55 bits per heavy atom. The minimum absolute atomic E-state index is 0.215. The SMILES string of the molecule is CCOc1cc(/C=C2\N=C(c3cccc(Br)c3)OC2=O)cc(Br)c1OCc1ccc(C)cc1. The normalized spacial score (nSPS) is 14.2. The van der Waals surface area contributed by atoms with E-state index < -0.39 is 5.97 Å². The van der Waals surface area contributed by atoms with Gasteiger partial charge in [0.15, 0.2) is 17.2 Å². The van der Waals surface area contributed by atoms with Gasteiger partial charge in [0.1, 0.15) is 6.61 Å². The maximum atomic E-state index is 12.4. The summed E-state index contributed by atoms with van der Waals surface area (Å²) >= 11 is 7.00. The monoisotopic (exact) mass is 569 g/mol. The minimum Gasteiger partial charge on any atom is -0.490 e. The lowest BCUT2D eigenvalue weighted by molar-refractivity contribution is -0.129. The molecule has 3 aromatic carbocycles. The first-order valence-corrected chi connectivity index (χ1v) is 11.9. The molecule has 33 heavy (non-hydrogen) atoms. The van der Waals surface area contributed by atoms with E-state index in [2.05, 4.69) is 49.0 Å². The number of halogens is 2. The van der Waals surface area contributed by atoms with Gasteiger partial charge in [-0.25, -0.2) is 9.79 Å². The predicted octanol–water partition coefficient (Wildman–Crippen LogP) is 6.84. The molecule has 0 spiro atoms. The van der Waals surface area contributed by atoms with Crippen molar-refractivity contribution < 1.29 is 19.0 Å². The van der Waals surface area contributed by atoms with E-state index in [9.17, 15) is 4.79 Å². The maximum Gasteiger partial charge on any atom is 0.363 e. The number of hydrogen-bond donors (Lipinski definition) is 0. The Hall–Kier alpha value is -2.90. The third kappa shape index (κ3) is 5.72. The molecule has 3 aromatic rings. The molecule has 168 valence electrons. The number of aryl methyl sites for hydroxylation is 1. The molecule has 7 heteroatoms. The van der Waals surface area contributed by atoms with Gasteiger partial charge in [-0.15, -0.1) is 0 Å². The number of aliphatic imine (C=N–C) groups is 1. The summed E-state index contributed by atoms with van der Waals surface area (Å²) in [5.41, 5.74) is 3.93. The zero-order valence-electron chi connectivity index (χ0n) is 18.1. The van der Waals surface area contributed by atoms with Crippen molar-refractivity contribution in [3.8, 4) is 11.5 Å². The molecule has 1 aliphatic heterocycles. The molecule has 0 atom stereocenters. The second kappa shape index (κ2) is 10.4. The molecule has 0 saturated carbocycles. The third-order valence-corrected chi connectivity index (χ3v) is 5.91. The Kier molecular flexibility index (Phi) is 7.30. The fourth-order valence-electron chi connectivity index (χ4n) is 3.23. The first-order valence-electron chi connectivity index (χ1n) is 10.4. The van der Waals surface area contributed by atoms with Gasteiger partial charge in [0.25, 0.3) is 0 Å². The van der Waals surface area contributed by atoms with Crippen molar-refractivity contribution >= 4 is 49.8 Å². The van der Waals surface area contributed by atoms with Crippen LogP contribution in [-0.2, 0) is 16.1 Å². The highest BCUT2D eigenvalue weighted by Crippen LogP contribution is 2.38. The molecule has 4 rings (SSSR count). The molecule has 5 nitrogen and oxygen atoms in total. The summed E-state index contributed by atoms with van der Waals surface area (Å²) in [4.78, 5) is 16.8. The number of cyclic esters (lactones) is 1. The largest absolute Gasteiger partial charge is 0.490 e. The van der Waals surface area contributed by atoms with Crippen LogP contribution >= 0.6 is 31.9 Å². The van der Waals surface area contributed by atoms with E-state index in [0.717, 1.165) is 25.6 Å². The van der Waals surface area contributed by atoms with E-state index in [1.54, 1.807) is 6.08 Å². The van der Waals surface area contributed by atoms with Crippen molar-refractivity contribution in [1.29, 1.82) is 0 Å². The highest BCUT2D eigenvalue weighted by molar-refractivity contribution is 9.10. The molecule has 0 aromatic heterocycles. The van der Waals surface area contributed by atoms with Gasteiger partial charge in [0, 0.05) is 10.0 Å². The number of ether oxygens (including phenoxy) is 3. The van der Waals surface area contributed by atoms with E-state index in [0.29, 0.717) is 24.7 Å². The molecule has 0 radical (unpaired) electrons. The molecule has 0 N–H and O–H groups in total. The first kappa shape index (κ1) is 23.3. The average Bonchev–Trinajstić information content (AvgIpc) is 3.15. The van der Waals surface area contributed by atoms with E-state index in [4.69, 9.17) is 14.2 Å². The van der Waals surface area contributed by atoms with Crippen molar-refractivity contribution in [2.45, 2.75) is 20.5 Å². The number of rotatable bonds is 7. The Balaban J connectivity index is 1.61. The smallest absolute Gasteiger partial charge is 0.363 e. The highest BCUT2D eigenvalue weighted by Gasteiger charge is 2.24. The van der Waals surface area contributed by atoms with Crippen LogP contribution < -0.4 is 9.47 Å². The van der Waals surface area contributed by atoms with Gasteiger partial charge in [-0.3, -0.25) is 0 Å². The molecule has 0 saturated heterocycles. The van der Waals surface area contributed by atoms with Crippen molar-refractivity contribution in [1.82, 2.24) is 0 Å². The summed E-state index contributed by atoms with van der Waals surface area (Å²) in [5.74, 6) is 0.953. The summed E-state index contributed by atoms with van der Waals surface area (Å²) in [7, 11) is 0. The lowest BCUT2D eigenvalue weighted by atomic mass is 10.1. The number of benzene rings is 3. The van der Waals surface area contributed by atoms with Gasteiger partial charge in [0.2, 0.25) is 5.90 Å². The topological polar surface area (TPSA) is 57.1 Å². The fraction of sp³-hybridized carbons (Fsp3) is 0.154. The van der Waals surface area contributed by atoms with Crippen LogP contribution in [0.5, 0.6) is 11.5 Å². The average molecular weight is 571 g/mol.